The molecule has 4 N–H and O–H groups in total. The van der Waals surface area contributed by atoms with Gasteiger partial charge in [0.15, 0.2) is 0 Å². The maximum absolute atomic E-state index is 12.9. The average Bonchev–Trinajstić information content (AvgIpc) is 2.79. The Kier molecular flexibility index (Phi) is 6.21. The van der Waals surface area contributed by atoms with Crippen LogP contribution in [0.15, 0.2) is 18.3 Å². The maximum atomic E-state index is 12.9. The van der Waals surface area contributed by atoms with Crippen LogP contribution in [0.25, 0.3) is 0 Å². The Bertz CT molecular complexity index is 995. The molecule has 2 fully saturated rings. The Morgan fingerprint density at radius 1 is 1.03 bits per heavy atom. The molecule has 0 aliphatic carbocycles. The van der Waals surface area contributed by atoms with Gasteiger partial charge in [0.1, 0.15) is 11.6 Å². The van der Waals surface area contributed by atoms with Gasteiger partial charge in [0.05, 0.1) is 11.3 Å². The third-order valence-corrected chi connectivity index (χ3v) is 6.02. The highest BCUT2D eigenvalue weighted by atomic mass is 16.2. The summed E-state index contributed by atoms with van der Waals surface area (Å²) in [5.41, 5.74) is 13.9. The summed E-state index contributed by atoms with van der Waals surface area (Å²) in [6, 6.07) is 3.56. The summed E-state index contributed by atoms with van der Waals surface area (Å²) >= 11 is 0. The van der Waals surface area contributed by atoms with Gasteiger partial charge in [-0.3, -0.25) is 4.79 Å². The van der Waals surface area contributed by atoms with Gasteiger partial charge in [-0.25, -0.2) is 9.97 Å². The number of nitrogens with zero attached hydrogens (tertiary/aromatic N) is 5. The van der Waals surface area contributed by atoms with Crippen LogP contribution in [0.4, 0.5) is 17.6 Å². The quantitative estimate of drug-likeness (QED) is 0.715. The summed E-state index contributed by atoms with van der Waals surface area (Å²) in [6.07, 6.45) is 6.74. The van der Waals surface area contributed by atoms with Crippen molar-refractivity contribution >= 4 is 23.5 Å². The second-order valence-electron chi connectivity index (χ2n) is 8.23. The van der Waals surface area contributed by atoms with Crippen molar-refractivity contribution in [2.24, 2.45) is 5.92 Å². The molecule has 0 unspecified atom stereocenters. The van der Waals surface area contributed by atoms with Gasteiger partial charge in [-0.2, -0.15) is 4.98 Å². The highest BCUT2D eigenvalue weighted by Gasteiger charge is 2.30. The van der Waals surface area contributed by atoms with E-state index in [-0.39, 0.29) is 11.9 Å². The zero-order valence-electron chi connectivity index (χ0n) is 18.0. The van der Waals surface area contributed by atoms with Crippen LogP contribution in [0.1, 0.15) is 48.9 Å². The standard InChI is InChI=1S/C23H29N7O/c1-16-19(7-5-17-6-8-20(24)26-15-17)21(28-23(25)27-16)29-13-9-18(10-14-29)22(31)30-11-3-2-4-12-30/h6,8,15,18H,2-4,9-14H2,1H3,(H2,24,26)(H2,25,27,28). The number of nitrogens with two attached hydrogens (primary N) is 2. The summed E-state index contributed by atoms with van der Waals surface area (Å²) in [5, 5.41) is 0. The lowest BCUT2D eigenvalue weighted by Gasteiger charge is -2.36. The molecule has 31 heavy (non-hydrogen) atoms. The predicted octanol–water partition coefficient (Wildman–Crippen LogP) is 1.97. The third-order valence-electron chi connectivity index (χ3n) is 6.02. The lowest BCUT2D eigenvalue weighted by molar-refractivity contribution is -0.137. The van der Waals surface area contributed by atoms with Crippen LogP contribution in [0.3, 0.4) is 0 Å². The molecule has 4 rings (SSSR count). The van der Waals surface area contributed by atoms with E-state index in [9.17, 15) is 4.79 Å². The molecule has 2 aliphatic heterocycles. The molecule has 2 saturated heterocycles. The molecule has 0 bridgehead atoms. The maximum Gasteiger partial charge on any atom is 0.225 e. The second-order valence-corrected chi connectivity index (χ2v) is 8.23. The molecule has 0 aromatic carbocycles. The first-order valence-corrected chi connectivity index (χ1v) is 10.9. The third kappa shape index (κ3) is 4.88. The van der Waals surface area contributed by atoms with Gasteiger partial charge in [-0.05, 0) is 51.2 Å². The van der Waals surface area contributed by atoms with Crippen molar-refractivity contribution in [2.45, 2.75) is 39.0 Å². The van der Waals surface area contributed by atoms with E-state index < -0.39 is 0 Å². The number of likely N-dealkylation sites (tertiary alicyclic amines) is 1. The Hall–Kier alpha value is -3.34. The van der Waals surface area contributed by atoms with Gasteiger partial charge in [-0.15, -0.1) is 0 Å². The molecule has 0 atom stereocenters. The van der Waals surface area contributed by atoms with Gasteiger partial charge >= 0.3 is 0 Å². The summed E-state index contributed by atoms with van der Waals surface area (Å²) in [5.74, 6) is 8.16. The molecular formula is C23H29N7O. The summed E-state index contributed by atoms with van der Waals surface area (Å²) < 4.78 is 0. The number of pyridine rings is 1. The van der Waals surface area contributed by atoms with Gasteiger partial charge in [0.25, 0.3) is 0 Å². The number of piperidine rings is 2. The Balaban J connectivity index is 1.51. The molecule has 162 valence electrons. The smallest absolute Gasteiger partial charge is 0.225 e. The SMILES string of the molecule is Cc1nc(N)nc(N2CCC(C(=O)N3CCCCC3)CC2)c1C#Cc1ccc(N)nc1. The van der Waals surface area contributed by atoms with Gasteiger partial charge in [0, 0.05) is 43.9 Å². The van der Waals surface area contributed by atoms with E-state index in [0.717, 1.165) is 74.5 Å². The van der Waals surface area contributed by atoms with Crippen LogP contribution in [-0.2, 0) is 4.79 Å². The van der Waals surface area contributed by atoms with E-state index in [0.29, 0.717) is 11.7 Å². The summed E-state index contributed by atoms with van der Waals surface area (Å²) in [4.78, 5) is 30.0. The van der Waals surface area contributed by atoms with E-state index >= 15 is 0 Å². The fourth-order valence-corrected chi connectivity index (χ4v) is 4.28. The minimum Gasteiger partial charge on any atom is -0.384 e. The minimum absolute atomic E-state index is 0.0880. The highest BCUT2D eigenvalue weighted by Crippen LogP contribution is 2.28. The van der Waals surface area contributed by atoms with E-state index in [4.69, 9.17) is 11.5 Å². The summed E-state index contributed by atoms with van der Waals surface area (Å²) in [7, 11) is 0. The number of anilines is 3. The molecule has 0 spiro atoms. The van der Waals surface area contributed by atoms with Crippen molar-refractivity contribution in [3.05, 3.63) is 35.2 Å². The number of aromatic nitrogens is 3. The van der Waals surface area contributed by atoms with E-state index in [2.05, 4.69) is 31.7 Å². The number of nitrogen functional groups attached to an aromatic ring is 2. The summed E-state index contributed by atoms with van der Waals surface area (Å²) in [6.45, 7) is 5.19. The number of hydrogen-bond acceptors (Lipinski definition) is 7. The molecule has 0 saturated carbocycles. The fraction of sp³-hybridized carbons (Fsp3) is 0.478. The minimum atomic E-state index is 0.0880. The molecule has 4 heterocycles. The van der Waals surface area contributed by atoms with Crippen molar-refractivity contribution in [1.82, 2.24) is 19.9 Å². The Morgan fingerprint density at radius 2 is 1.77 bits per heavy atom. The van der Waals surface area contributed by atoms with Crippen LogP contribution < -0.4 is 16.4 Å². The molecule has 0 radical (unpaired) electrons. The number of carbonyl (C=O) groups is 1. The first-order chi connectivity index (χ1) is 15.0. The van der Waals surface area contributed by atoms with Gasteiger partial charge in [-0.1, -0.05) is 11.8 Å². The normalized spacial score (nSPS) is 17.2. The number of rotatable bonds is 2. The van der Waals surface area contributed by atoms with Crippen molar-refractivity contribution in [1.29, 1.82) is 0 Å². The first-order valence-electron chi connectivity index (χ1n) is 10.9. The number of hydrogen-bond donors (Lipinski definition) is 2. The van der Waals surface area contributed by atoms with Crippen molar-refractivity contribution in [2.75, 3.05) is 42.5 Å². The predicted molar refractivity (Wildman–Crippen MR) is 121 cm³/mol. The van der Waals surface area contributed by atoms with Crippen molar-refractivity contribution in [3.8, 4) is 11.8 Å². The lowest BCUT2D eigenvalue weighted by Crippen LogP contribution is -2.44. The Morgan fingerprint density at radius 3 is 2.45 bits per heavy atom. The molecule has 8 nitrogen and oxygen atoms in total. The largest absolute Gasteiger partial charge is 0.384 e. The number of carbonyl (C=O) groups excluding carboxylic acids is 1. The second kappa shape index (κ2) is 9.21. The highest BCUT2D eigenvalue weighted by molar-refractivity contribution is 5.79. The number of amides is 1. The fourth-order valence-electron chi connectivity index (χ4n) is 4.28. The van der Waals surface area contributed by atoms with Crippen LogP contribution in [-0.4, -0.2) is 51.9 Å². The molecule has 2 aliphatic rings. The molecule has 2 aromatic rings. The van der Waals surface area contributed by atoms with Crippen LogP contribution in [0.2, 0.25) is 0 Å². The monoisotopic (exact) mass is 419 g/mol. The molecule has 2 aromatic heterocycles. The number of aryl methyl sites for hydroxylation is 1. The van der Waals surface area contributed by atoms with Crippen LogP contribution in [0, 0.1) is 24.7 Å². The topological polar surface area (TPSA) is 114 Å². The molecule has 1 amide bonds. The van der Waals surface area contributed by atoms with E-state index in [1.807, 2.05) is 17.9 Å². The van der Waals surface area contributed by atoms with E-state index in [1.165, 1.54) is 6.42 Å². The zero-order valence-corrected chi connectivity index (χ0v) is 18.0. The molecule has 8 heteroatoms. The van der Waals surface area contributed by atoms with Crippen molar-refractivity contribution < 1.29 is 4.79 Å². The van der Waals surface area contributed by atoms with Crippen LogP contribution >= 0.6 is 0 Å². The van der Waals surface area contributed by atoms with Gasteiger partial charge < -0.3 is 21.3 Å². The van der Waals surface area contributed by atoms with Crippen molar-refractivity contribution in [3.63, 3.8) is 0 Å². The van der Waals surface area contributed by atoms with E-state index in [1.54, 1.807) is 12.3 Å². The average molecular weight is 420 g/mol. The van der Waals surface area contributed by atoms with Gasteiger partial charge in [0.2, 0.25) is 11.9 Å². The van der Waals surface area contributed by atoms with Crippen LogP contribution in [0.5, 0.6) is 0 Å². The lowest BCUT2D eigenvalue weighted by atomic mass is 9.94. The molecular weight excluding hydrogens is 390 g/mol. The zero-order chi connectivity index (χ0) is 21.8. The first kappa shape index (κ1) is 20.9. The Labute approximate surface area is 183 Å².